The van der Waals surface area contributed by atoms with Crippen LogP contribution in [0, 0.1) is 12.7 Å². The molecule has 1 atom stereocenters. The molecule has 1 aliphatic rings. The highest BCUT2D eigenvalue weighted by molar-refractivity contribution is 5.90. The number of fused-ring (bicyclic) bond motifs is 1. The number of aryl methyl sites for hydroxylation is 1. The van der Waals surface area contributed by atoms with Gasteiger partial charge in [0.15, 0.2) is 5.69 Å². The van der Waals surface area contributed by atoms with Crippen LogP contribution in [0.25, 0.3) is 11.1 Å². The zero-order chi connectivity index (χ0) is 18.7. The van der Waals surface area contributed by atoms with Gasteiger partial charge in [-0.2, -0.15) is 0 Å². The minimum Gasteiger partial charge on any atom is -0.472 e. The first kappa shape index (κ1) is 18.3. The molecule has 0 unspecified atom stereocenters. The van der Waals surface area contributed by atoms with Gasteiger partial charge in [0.05, 0.1) is 13.2 Å². The lowest BCUT2D eigenvalue weighted by atomic mass is 9.93. The molecule has 0 bridgehead atoms. The average Bonchev–Trinajstić information content (AvgIpc) is 2.61. The molecule has 0 saturated carbocycles. The third kappa shape index (κ3) is 3.70. The smallest absolute Gasteiger partial charge is 0.357 e. The molecular weight excluding hydrogens is 337 g/mol. The van der Waals surface area contributed by atoms with Crippen molar-refractivity contribution in [3.8, 4) is 17.0 Å². The van der Waals surface area contributed by atoms with E-state index in [0.717, 1.165) is 17.5 Å². The zero-order valence-corrected chi connectivity index (χ0v) is 15.2. The van der Waals surface area contributed by atoms with Crippen LogP contribution in [0.1, 0.15) is 35.0 Å². The van der Waals surface area contributed by atoms with Crippen molar-refractivity contribution in [1.29, 1.82) is 0 Å². The van der Waals surface area contributed by atoms with Crippen molar-refractivity contribution in [1.82, 2.24) is 4.98 Å². The van der Waals surface area contributed by atoms with E-state index in [9.17, 15) is 9.18 Å². The van der Waals surface area contributed by atoms with Gasteiger partial charge < -0.3 is 14.2 Å². The standard InChI is InChI=1S/C20H22FNO4/c1-4-25-20(23)18-10-16(14-7-5-12(2)9-17(14)21)15-8-6-13(11-24-3)26-19(15)22-18/h5,7,9-10,13H,4,6,8,11H2,1-3H3/t13-/m1/s1. The van der Waals surface area contributed by atoms with Gasteiger partial charge in [-0.05, 0) is 49.9 Å². The quantitative estimate of drug-likeness (QED) is 0.762. The summed E-state index contributed by atoms with van der Waals surface area (Å²) in [5.41, 5.74) is 2.78. The number of pyridine rings is 1. The Morgan fingerprint density at radius 2 is 2.15 bits per heavy atom. The highest BCUT2D eigenvalue weighted by Gasteiger charge is 2.27. The lowest BCUT2D eigenvalue weighted by Gasteiger charge is -2.27. The monoisotopic (exact) mass is 359 g/mol. The molecule has 1 aliphatic heterocycles. The van der Waals surface area contributed by atoms with Crippen molar-refractivity contribution in [2.24, 2.45) is 0 Å². The number of methoxy groups -OCH3 is 1. The first-order valence-corrected chi connectivity index (χ1v) is 8.66. The van der Waals surface area contributed by atoms with Crippen LogP contribution in [0.5, 0.6) is 5.88 Å². The third-order valence-corrected chi connectivity index (χ3v) is 4.33. The summed E-state index contributed by atoms with van der Waals surface area (Å²) in [7, 11) is 1.61. The third-order valence-electron chi connectivity index (χ3n) is 4.33. The molecular formula is C20H22FNO4. The molecule has 2 heterocycles. The van der Waals surface area contributed by atoms with Crippen LogP contribution in [0.4, 0.5) is 4.39 Å². The molecule has 0 aliphatic carbocycles. The number of ether oxygens (including phenoxy) is 3. The van der Waals surface area contributed by atoms with E-state index >= 15 is 0 Å². The lowest BCUT2D eigenvalue weighted by Crippen LogP contribution is -2.28. The van der Waals surface area contributed by atoms with Crippen LogP contribution in [0.3, 0.4) is 0 Å². The Balaban J connectivity index is 2.11. The number of rotatable bonds is 5. The maximum atomic E-state index is 14.6. The topological polar surface area (TPSA) is 57.7 Å². The molecule has 138 valence electrons. The molecule has 1 aromatic carbocycles. The van der Waals surface area contributed by atoms with Crippen molar-refractivity contribution in [2.45, 2.75) is 32.8 Å². The van der Waals surface area contributed by atoms with Crippen LogP contribution >= 0.6 is 0 Å². The van der Waals surface area contributed by atoms with Crippen molar-refractivity contribution in [2.75, 3.05) is 20.3 Å². The fourth-order valence-corrected chi connectivity index (χ4v) is 3.10. The highest BCUT2D eigenvalue weighted by atomic mass is 19.1. The maximum Gasteiger partial charge on any atom is 0.357 e. The van der Waals surface area contributed by atoms with Crippen molar-refractivity contribution in [3.05, 3.63) is 46.9 Å². The number of aromatic nitrogens is 1. The summed E-state index contributed by atoms with van der Waals surface area (Å²) in [5, 5.41) is 0. The summed E-state index contributed by atoms with van der Waals surface area (Å²) in [6, 6.07) is 6.62. The Morgan fingerprint density at radius 1 is 1.35 bits per heavy atom. The van der Waals surface area contributed by atoms with E-state index in [1.165, 1.54) is 6.07 Å². The summed E-state index contributed by atoms with van der Waals surface area (Å²) in [6.07, 6.45) is 1.26. The van der Waals surface area contributed by atoms with Crippen molar-refractivity contribution < 1.29 is 23.4 Å². The molecule has 0 fully saturated rings. The Bertz CT molecular complexity index is 822. The summed E-state index contributed by atoms with van der Waals surface area (Å²) in [4.78, 5) is 16.5. The molecule has 26 heavy (non-hydrogen) atoms. The number of nitrogens with zero attached hydrogens (tertiary/aromatic N) is 1. The average molecular weight is 359 g/mol. The van der Waals surface area contributed by atoms with E-state index in [2.05, 4.69) is 4.98 Å². The Labute approximate surface area is 152 Å². The van der Waals surface area contributed by atoms with Crippen LogP contribution in [0.15, 0.2) is 24.3 Å². The van der Waals surface area contributed by atoms with Crippen molar-refractivity contribution in [3.63, 3.8) is 0 Å². The van der Waals surface area contributed by atoms with E-state index in [4.69, 9.17) is 14.2 Å². The number of carbonyl (C=O) groups excluding carboxylic acids is 1. The fourth-order valence-electron chi connectivity index (χ4n) is 3.10. The van der Waals surface area contributed by atoms with Gasteiger partial charge in [-0.3, -0.25) is 0 Å². The zero-order valence-electron chi connectivity index (χ0n) is 15.2. The molecule has 2 aromatic rings. The first-order chi connectivity index (χ1) is 12.5. The Hall–Kier alpha value is -2.47. The largest absolute Gasteiger partial charge is 0.472 e. The van der Waals surface area contributed by atoms with E-state index < -0.39 is 5.97 Å². The molecule has 3 rings (SSSR count). The maximum absolute atomic E-state index is 14.6. The number of carbonyl (C=O) groups is 1. The minimum absolute atomic E-state index is 0.110. The molecule has 6 heteroatoms. The predicted molar refractivity (Wildman–Crippen MR) is 94.9 cm³/mol. The molecule has 0 radical (unpaired) electrons. The minimum atomic E-state index is -0.554. The van der Waals surface area contributed by atoms with Gasteiger partial charge in [0.25, 0.3) is 0 Å². The van der Waals surface area contributed by atoms with E-state index in [0.29, 0.717) is 30.0 Å². The number of hydrogen-bond acceptors (Lipinski definition) is 5. The summed E-state index contributed by atoms with van der Waals surface area (Å²) < 4.78 is 30.7. The van der Waals surface area contributed by atoms with Crippen LogP contribution in [-0.2, 0) is 15.9 Å². The highest BCUT2D eigenvalue weighted by Crippen LogP contribution is 2.36. The number of benzene rings is 1. The van der Waals surface area contributed by atoms with Gasteiger partial charge >= 0.3 is 5.97 Å². The molecule has 0 saturated heterocycles. The number of esters is 1. The predicted octanol–water partition coefficient (Wildman–Crippen LogP) is 3.71. The number of halogens is 1. The van der Waals surface area contributed by atoms with Gasteiger partial charge in [0.1, 0.15) is 11.9 Å². The Morgan fingerprint density at radius 3 is 2.85 bits per heavy atom. The van der Waals surface area contributed by atoms with E-state index in [1.807, 2.05) is 13.0 Å². The molecule has 1 aromatic heterocycles. The normalized spacial score (nSPS) is 15.9. The second-order valence-corrected chi connectivity index (χ2v) is 6.28. The van der Waals surface area contributed by atoms with Crippen LogP contribution in [-0.4, -0.2) is 37.4 Å². The number of hydrogen-bond donors (Lipinski definition) is 0. The van der Waals surface area contributed by atoms with Gasteiger partial charge in [0, 0.05) is 18.2 Å². The van der Waals surface area contributed by atoms with Gasteiger partial charge in [-0.25, -0.2) is 14.2 Å². The lowest BCUT2D eigenvalue weighted by molar-refractivity contribution is 0.0506. The van der Waals surface area contributed by atoms with Gasteiger partial charge in [-0.1, -0.05) is 12.1 Å². The van der Waals surface area contributed by atoms with Crippen LogP contribution in [0.2, 0.25) is 0 Å². The fraction of sp³-hybridized carbons (Fsp3) is 0.400. The second kappa shape index (κ2) is 7.83. The molecule has 0 N–H and O–H groups in total. The SMILES string of the molecule is CCOC(=O)c1cc(-c2ccc(C)cc2F)c2c(n1)O[C@@H](COC)CC2. The van der Waals surface area contributed by atoms with E-state index in [1.54, 1.807) is 26.2 Å². The van der Waals surface area contributed by atoms with Gasteiger partial charge in [0.2, 0.25) is 5.88 Å². The second-order valence-electron chi connectivity index (χ2n) is 6.28. The summed E-state index contributed by atoms with van der Waals surface area (Å²) in [6.45, 7) is 4.22. The van der Waals surface area contributed by atoms with Gasteiger partial charge in [-0.15, -0.1) is 0 Å². The molecule has 0 amide bonds. The first-order valence-electron chi connectivity index (χ1n) is 8.66. The summed E-state index contributed by atoms with van der Waals surface area (Å²) >= 11 is 0. The van der Waals surface area contributed by atoms with E-state index in [-0.39, 0.29) is 24.2 Å². The molecule has 0 spiro atoms. The molecule has 5 nitrogen and oxygen atoms in total. The summed E-state index contributed by atoms with van der Waals surface area (Å²) in [5.74, 6) is -0.549. The Kier molecular flexibility index (Phi) is 5.52. The van der Waals surface area contributed by atoms with Crippen LogP contribution < -0.4 is 4.74 Å². The van der Waals surface area contributed by atoms with Crippen molar-refractivity contribution >= 4 is 5.97 Å².